The van der Waals surface area contributed by atoms with Gasteiger partial charge in [-0.05, 0) is 42.4 Å². The molecule has 2 N–H and O–H groups in total. The summed E-state index contributed by atoms with van der Waals surface area (Å²) in [5.41, 5.74) is 3.05. The maximum Gasteiger partial charge on any atom is 0.255 e. The van der Waals surface area contributed by atoms with Gasteiger partial charge in [0.1, 0.15) is 0 Å². The third kappa shape index (κ3) is 5.12. The topological polar surface area (TPSA) is 61.4 Å². The zero-order valence-corrected chi connectivity index (χ0v) is 15.3. The summed E-state index contributed by atoms with van der Waals surface area (Å²) in [6, 6.07) is 14.7. The van der Waals surface area contributed by atoms with Gasteiger partial charge in [0, 0.05) is 14.1 Å². The fourth-order valence-corrected chi connectivity index (χ4v) is 2.55. The summed E-state index contributed by atoms with van der Waals surface area (Å²) < 4.78 is 0. The van der Waals surface area contributed by atoms with E-state index < -0.39 is 0 Å². The molecular formula is C19H21N3O2S. The molecule has 0 atom stereocenters. The van der Waals surface area contributed by atoms with Gasteiger partial charge in [0.25, 0.3) is 5.91 Å². The number of anilines is 1. The van der Waals surface area contributed by atoms with Gasteiger partial charge < -0.3 is 15.5 Å². The predicted octanol–water partition coefficient (Wildman–Crippen LogP) is 2.75. The average molecular weight is 355 g/mol. The van der Waals surface area contributed by atoms with Crippen molar-refractivity contribution in [3.8, 4) is 0 Å². The molecule has 5 nitrogen and oxygen atoms in total. The van der Waals surface area contributed by atoms with Gasteiger partial charge in [-0.15, -0.1) is 0 Å². The van der Waals surface area contributed by atoms with Gasteiger partial charge in [-0.1, -0.05) is 36.4 Å². The van der Waals surface area contributed by atoms with Gasteiger partial charge in [-0.25, -0.2) is 0 Å². The lowest BCUT2D eigenvalue weighted by molar-refractivity contribution is -0.119. The summed E-state index contributed by atoms with van der Waals surface area (Å²) in [5, 5.41) is 5.75. The highest BCUT2D eigenvalue weighted by molar-refractivity contribution is 7.80. The highest BCUT2D eigenvalue weighted by Gasteiger charge is 2.14. The summed E-state index contributed by atoms with van der Waals surface area (Å²) in [7, 11) is 3.36. The van der Waals surface area contributed by atoms with Crippen molar-refractivity contribution in [1.29, 1.82) is 0 Å². The highest BCUT2D eigenvalue weighted by Crippen LogP contribution is 2.16. The smallest absolute Gasteiger partial charge is 0.255 e. The van der Waals surface area contributed by atoms with Crippen LogP contribution < -0.4 is 10.6 Å². The molecule has 130 valence electrons. The largest absolute Gasteiger partial charge is 0.345 e. The Bertz CT molecular complexity index is 803. The minimum atomic E-state index is -0.205. The van der Waals surface area contributed by atoms with Crippen LogP contribution in [0.1, 0.15) is 21.5 Å². The molecule has 0 aliphatic rings. The first kappa shape index (κ1) is 18.6. The summed E-state index contributed by atoms with van der Waals surface area (Å²) in [6.45, 7) is 1.96. The van der Waals surface area contributed by atoms with Crippen LogP contribution in [0.2, 0.25) is 0 Å². The number of nitrogens with one attached hydrogen (secondary N) is 2. The molecule has 0 fully saturated rings. The van der Waals surface area contributed by atoms with Crippen LogP contribution in [0, 0.1) is 6.92 Å². The number of amides is 2. The molecule has 0 radical (unpaired) electrons. The van der Waals surface area contributed by atoms with Gasteiger partial charge in [0.05, 0.1) is 17.7 Å². The van der Waals surface area contributed by atoms with E-state index in [-0.39, 0.29) is 23.3 Å². The summed E-state index contributed by atoms with van der Waals surface area (Å²) in [4.78, 5) is 25.9. The van der Waals surface area contributed by atoms with Crippen LogP contribution in [-0.4, -0.2) is 35.9 Å². The second kappa shape index (κ2) is 8.39. The number of hydrogen-bond acceptors (Lipinski definition) is 3. The summed E-state index contributed by atoms with van der Waals surface area (Å²) in [5.74, 6) is -0.347. The Hall–Kier alpha value is -2.73. The molecule has 0 spiro atoms. The molecule has 2 aromatic rings. The molecule has 0 bridgehead atoms. The zero-order chi connectivity index (χ0) is 18.4. The molecular weight excluding hydrogens is 334 g/mol. The molecule has 25 heavy (non-hydrogen) atoms. The molecule has 2 amide bonds. The molecule has 0 unspecified atom stereocenters. The summed E-state index contributed by atoms with van der Waals surface area (Å²) >= 11 is 5.21. The average Bonchev–Trinajstić information content (AvgIpc) is 2.56. The van der Waals surface area contributed by atoms with Crippen LogP contribution in [-0.2, 0) is 11.2 Å². The lowest BCUT2D eigenvalue weighted by Crippen LogP contribution is -2.36. The number of nitrogens with zero attached hydrogens (tertiary/aromatic N) is 1. The molecule has 6 heteroatoms. The standard InChI is InChI=1S/C19H21N3O2S/c1-13-8-4-5-9-14(13)12-17(23)21-19(25)20-16-11-7-6-10-15(16)18(24)22(2)3/h4-11H,12H2,1-3H3,(H2,20,21,23,25). The van der Waals surface area contributed by atoms with Gasteiger partial charge >= 0.3 is 0 Å². The molecule has 0 aliphatic carbocycles. The van der Waals surface area contributed by atoms with E-state index in [4.69, 9.17) is 12.2 Å². The lowest BCUT2D eigenvalue weighted by atomic mass is 10.1. The molecule has 0 aromatic heterocycles. The molecule has 2 aromatic carbocycles. The van der Waals surface area contributed by atoms with Crippen LogP contribution in [0.3, 0.4) is 0 Å². The Morgan fingerprint density at radius 3 is 2.36 bits per heavy atom. The molecule has 0 saturated carbocycles. The van der Waals surface area contributed by atoms with Crippen molar-refractivity contribution in [1.82, 2.24) is 10.2 Å². The fourth-order valence-electron chi connectivity index (χ4n) is 2.33. The minimum absolute atomic E-state index is 0.142. The van der Waals surface area contributed by atoms with E-state index in [2.05, 4.69) is 10.6 Å². The molecule has 0 heterocycles. The van der Waals surface area contributed by atoms with Crippen LogP contribution in [0.25, 0.3) is 0 Å². The third-order valence-corrected chi connectivity index (χ3v) is 3.88. The Kier molecular flexibility index (Phi) is 6.25. The van der Waals surface area contributed by atoms with Crippen molar-refractivity contribution < 1.29 is 9.59 Å². The molecule has 0 aliphatic heterocycles. The predicted molar refractivity (Wildman–Crippen MR) is 104 cm³/mol. The second-order valence-electron chi connectivity index (χ2n) is 5.85. The monoisotopic (exact) mass is 355 g/mol. The van der Waals surface area contributed by atoms with Crippen molar-refractivity contribution in [2.75, 3.05) is 19.4 Å². The van der Waals surface area contributed by atoms with Crippen molar-refractivity contribution in [3.63, 3.8) is 0 Å². The fraction of sp³-hybridized carbons (Fsp3) is 0.211. The first-order valence-corrected chi connectivity index (χ1v) is 8.25. The number of thiocarbonyl (C=S) groups is 1. The maximum absolute atomic E-state index is 12.2. The van der Waals surface area contributed by atoms with Crippen molar-refractivity contribution in [2.24, 2.45) is 0 Å². The quantitative estimate of drug-likeness (QED) is 0.828. The number of benzene rings is 2. The van der Waals surface area contributed by atoms with Crippen LogP contribution in [0.15, 0.2) is 48.5 Å². The number of aryl methyl sites for hydroxylation is 1. The van der Waals surface area contributed by atoms with Gasteiger partial charge in [0.2, 0.25) is 5.91 Å². The van der Waals surface area contributed by atoms with E-state index in [0.29, 0.717) is 11.3 Å². The number of para-hydroxylation sites is 1. The minimum Gasteiger partial charge on any atom is -0.345 e. The third-order valence-electron chi connectivity index (χ3n) is 3.68. The van der Waals surface area contributed by atoms with Crippen molar-refractivity contribution in [3.05, 3.63) is 65.2 Å². The SMILES string of the molecule is Cc1ccccc1CC(=O)NC(=S)Nc1ccccc1C(=O)N(C)C. The Labute approximate surface area is 153 Å². The van der Waals surface area contributed by atoms with E-state index in [1.165, 1.54) is 4.90 Å². The number of rotatable bonds is 4. The van der Waals surface area contributed by atoms with E-state index in [0.717, 1.165) is 11.1 Å². The van der Waals surface area contributed by atoms with E-state index in [1.54, 1.807) is 38.4 Å². The van der Waals surface area contributed by atoms with Crippen molar-refractivity contribution in [2.45, 2.75) is 13.3 Å². The Morgan fingerprint density at radius 1 is 1.04 bits per heavy atom. The first-order valence-electron chi connectivity index (χ1n) is 7.84. The van der Waals surface area contributed by atoms with E-state index in [1.807, 2.05) is 31.2 Å². The van der Waals surface area contributed by atoms with Gasteiger partial charge in [-0.2, -0.15) is 0 Å². The lowest BCUT2D eigenvalue weighted by Gasteiger charge is -2.16. The number of carbonyl (C=O) groups is 2. The van der Waals surface area contributed by atoms with Gasteiger partial charge in [-0.3, -0.25) is 9.59 Å². The normalized spacial score (nSPS) is 10.0. The molecule has 2 rings (SSSR count). The van der Waals surface area contributed by atoms with Gasteiger partial charge in [0.15, 0.2) is 5.11 Å². The van der Waals surface area contributed by atoms with E-state index in [9.17, 15) is 9.59 Å². The maximum atomic E-state index is 12.2. The Morgan fingerprint density at radius 2 is 1.68 bits per heavy atom. The highest BCUT2D eigenvalue weighted by atomic mass is 32.1. The van der Waals surface area contributed by atoms with Crippen molar-refractivity contribution >= 4 is 34.8 Å². The van der Waals surface area contributed by atoms with Crippen LogP contribution in [0.4, 0.5) is 5.69 Å². The second-order valence-corrected chi connectivity index (χ2v) is 6.26. The zero-order valence-electron chi connectivity index (χ0n) is 14.5. The van der Waals surface area contributed by atoms with E-state index >= 15 is 0 Å². The molecule has 0 saturated heterocycles. The number of carbonyl (C=O) groups excluding carboxylic acids is 2. The summed E-state index contributed by atoms with van der Waals surface area (Å²) in [6.07, 6.45) is 0.243. The van der Waals surface area contributed by atoms with Crippen LogP contribution >= 0.6 is 12.2 Å². The first-order chi connectivity index (χ1) is 11.9. The Balaban J connectivity index is 2.02. The number of hydrogen-bond donors (Lipinski definition) is 2. The van der Waals surface area contributed by atoms with Crippen LogP contribution in [0.5, 0.6) is 0 Å².